The Morgan fingerprint density at radius 2 is 1.89 bits per heavy atom. The van der Waals surface area contributed by atoms with Crippen LogP contribution in [-0.2, 0) is 20.9 Å². The number of carbonyl (C=O) groups excluding carboxylic acids is 1. The number of carbonyl (C=O) groups is 1. The van der Waals surface area contributed by atoms with Gasteiger partial charge < -0.3 is 14.2 Å². The van der Waals surface area contributed by atoms with Crippen molar-refractivity contribution >= 4 is 5.97 Å². The van der Waals surface area contributed by atoms with Crippen LogP contribution in [0.15, 0.2) is 48.5 Å². The molecule has 0 spiro atoms. The van der Waals surface area contributed by atoms with Crippen LogP contribution < -0.4 is 4.74 Å². The molecule has 27 heavy (non-hydrogen) atoms. The molecular formula is C22H27NO4. The number of para-hydroxylation sites is 1. The van der Waals surface area contributed by atoms with E-state index in [1.165, 1.54) is 0 Å². The SMILES string of the molecule is CCCCOC1C(C(=O)OCc2cccc(Oc3ccccc3)n2)C1(C)C. The van der Waals surface area contributed by atoms with E-state index in [2.05, 4.69) is 11.9 Å². The molecule has 5 nitrogen and oxygen atoms in total. The van der Waals surface area contributed by atoms with Gasteiger partial charge in [0.2, 0.25) is 5.88 Å². The highest BCUT2D eigenvalue weighted by molar-refractivity contribution is 5.78. The molecule has 2 unspecified atom stereocenters. The molecule has 2 atom stereocenters. The van der Waals surface area contributed by atoms with Crippen LogP contribution >= 0.6 is 0 Å². The van der Waals surface area contributed by atoms with Crippen molar-refractivity contribution in [3.05, 3.63) is 54.2 Å². The van der Waals surface area contributed by atoms with Gasteiger partial charge in [0.05, 0.1) is 17.7 Å². The Kier molecular flexibility index (Phi) is 6.11. The summed E-state index contributed by atoms with van der Waals surface area (Å²) < 4.78 is 17.1. The number of ether oxygens (including phenoxy) is 3. The van der Waals surface area contributed by atoms with Crippen molar-refractivity contribution in [3.8, 4) is 11.6 Å². The molecule has 1 aromatic heterocycles. The number of esters is 1. The van der Waals surface area contributed by atoms with Crippen molar-refractivity contribution in [1.82, 2.24) is 4.98 Å². The van der Waals surface area contributed by atoms with E-state index in [1.54, 1.807) is 6.07 Å². The van der Waals surface area contributed by atoms with Crippen molar-refractivity contribution in [2.45, 2.75) is 46.3 Å². The number of rotatable bonds is 9. The predicted molar refractivity (Wildman–Crippen MR) is 102 cm³/mol. The van der Waals surface area contributed by atoms with E-state index in [0.717, 1.165) is 12.8 Å². The molecule has 0 N–H and O–H groups in total. The molecule has 5 heteroatoms. The number of pyridine rings is 1. The molecule has 2 aromatic rings. The summed E-state index contributed by atoms with van der Waals surface area (Å²) in [6, 6.07) is 14.9. The van der Waals surface area contributed by atoms with Crippen LogP contribution in [0, 0.1) is 11.3 Å². The fourth-order valence-corrected chi connectivity index (χ4v) is 3.12. The van der Waals surface area contributed by atoms with E-state index >= 15 is 0 Å². The van der Waals surface area contributed by atoms with E-state index in [-0.39, 0.29) is 30.0 Å². The number of hydrogen-bond acceptors (Lipinski definition) is 5. The zero-order valence-corrected chi connectivity index (χ0v) is 16.2. The molecule has 3 rings (SSSR count). The van der Waals surface area contributed by atoms with Crippen molar-refractivity contribution in [3.63, 3.8) is 0 Å². The van der Waals surface area contributed by atoms with Gasteiger partial charge in [-0.15, -0.1) is 0 Å². The zero-order chi connectivity index (χ0) is 19.3. The molecule has 1 heterocycles. The highest BCUT2D eigenvalue weighted by Gasteiger charge is 2.64. The molecule has 1 saturated carbocycles. The molecule has 0 bridgehead atoms. The van der Waals surface area contributed by atoms with Crippen LogP contribution in [0.5, 0.6) is 11.6 Å². The first-order valence-electron chi connectivity index (χ1n) is 9.49. The minimum absolute atomic E-state index is 0.0581. The van der Waals surface area contributed by atoms with Gasteiger partial charge in [-0.1, -0.05) is 51.5 Å². The van der Waals surface area contributed by atoms with Crippen LogP contribution in [0.1, 0.15) is 39.3 Å². The Morgan fingerprint density at radius 1 is 1.11 bits per heavy atom. The normalized spacial score (nSPS) is 20.1. The van der Waals surface area contributed by atoms with Crippen molar-refractivity contribution in [2.75, 3.05) is 6.61 Å². The molecule has 1 aromatic carbocycles. The number of hydrogen-bond donors (Lipinski definition) is 0. The lowest BCUT2D eigenvalue weighted by Gasteiger charge is -2.08. The highest BCUT2D eigenvalue weighted by atomic mass is 16.5. The number of benzene rings is 1. The summed E-state index contributed by atoms with van der Waals surface area (Å²) in [5.74, 6) is 0.754. The Morgan fingerprint density at radius 3 is 2.63 bits per heavy atom. The Bertz CT molecular complexity index is 760. The molecule has 0 saturated heterocycles. The monoisotopic (exact) mass is 369 g/mol. The quantitative estimate of drug-likeness (QED) is 0.471. The third-order valence-corrected chi connectivity index (χ3v) is 4.89. The molecule has 1 aliphatic rings. The average Bonchev–Trinajstić information content (AvgIpc) is 3.22. The van der Waals surface area contributed by atoms with E-state index in [0.29, 0.717) is 23.9 Å². The second-order valence-electron chi connectivity index (χ2n) is 7.43. The summed E-state index contributed by atoms with van der Waals surface area (Å²) in [4.78, 5) is 16.9. The second-order valence-corrected chi connectivity index (χ2v) is 7.43. The summed E-state index contributed by atoms with van der Waals surface area (Å²) in [5.41, 5.74) is 0.481. The average molecular weight is 369 g/mol. The first-order chi connectivity index (χ1) is 13.0. The van der Waals surface area contributed by atoms with Crippen LogP contribution in [0.3, 0.4) is 0 Å². The minimum atomic E-state index is -0.224. The van der Waals surface area contributed by atoms with E-state index < -0.39 is 0 Å². The largest absolute Gasteiger partial charge is 0.459 e. The number of nitrogens with zero attached hydrogens (tertiary/aromatic N) is 1. The Balaban J connectivity index is 1.53. The first-order valence-corrected chi connectivity index (χ1v) is 9.49. The third-order valence-electron chi connectivity index (χ3n) is 4.89. The molecule has 0 radical (unpaired) electrons. The maximum absolute atomic E-state index is 12.5. The van der Waals surface area contributed by atoms with Gasteiger partial charge in [0.25, 0.3) is 0 Å². The van der Waals surface area contributed by atoms with Gasteiger partial charge in [-0.25, -0.2) is 4.98 Å². The molecule has 1 aliphatic carbocycles. The molecule has 0 amide bonds. The van der Waals surface area contributed by atoms with Gasteiger partial charge in [-0.3, -0.25) is 4.79 Å². The highest BCUT2D eigenvalue weighted by Crippen LogP contribution is 2.54. The van der Waals surface area contributed by atoms with Gasteiger partial charge >= 0.3 is 5.97 Å². The summed E-state index contributed by atoms with van der Waals surface area (Å²) in [7, 11) is 0. The van der Waals surface area contributed by atoms with E-state index in [1.807, 2.05) is 56.3 Å². The van der Waals surface area contributed by atoms with Gasteiger partial charge in [-0.05, 0) is 24.6 Å². The molecular weight excluding hydrogens is 342 g/mol. The maximum Gasteiger partial charge on any atom is 0.312 e. The summed E-state index contributed by atoms with van der Waals surface area (Å²) >= 11 is 0. The van der Waals surface area contributed by atoms with Crippen LogP contribution in [0.25, 0.3) is 0 Å². The standard InChI is InChI=1S/C22H27NO4/c1-4-5-14-25-20-19(22(20,2)3)21(24)26-15-16-10-9-13-18(23-16)27-17-11-7-6-8-12-17/h6-13,19-20H,4-5,14-15H2,1-3H3. The fourth-order valence-electron chi connectivity index (χ4n) is 3.12. The van der Waals surface area contributed by atoms with Crippen molar-refractivity contribution < 1.29 is 19.0 Å². The van der Waals surface area contributed by atoms with Gasteiger partial charge in [0, 0.05) is 18.1 Å². The topological polar surface area (TPSA) is 57.7 Å². The van der Waals surface area contributed by atoms with Crippen LogP contribution in [0.4, 0.5) is 0 Å². The summed E-state index contributed by atoms with van der Waals surface area (Å²) in [5, 5.41) is 0. The van der Waals surface area contributed by atoms with Gasteiger partial charge in [-0.2, -0.15) is 0 Å². The third kappa shape index (κ3) is 4.86. The van der Waals surface area contributed by atoms with Crippen LogP contribution in [-0.4, -0.2) is 23.7 Å². The second kappa shape index (κ2) is 8.53. The zero-order valence-electron chi connectivity index (χ0n) is 16.2. The van der Waals surface area contributed by atoms with Gasteiger partial charge in [0.1, 0.15) is 12.4 Å². The van der Waals surface area contributed by atoms with Gasteiger partial charge in [0.15, 0.2) is 0 Å². The lowest BCUT2D eigenvalue weighted by atomic mass is 10.1. The number of aromatic nitrogens is 1. The lowest BCUT2D eigenvalue weighted by Crippen LogP contribution is -2.12. The minimum Gasteiger partial charge on any atom is -0.459 e. The fraction of sp³-hybridized carbons (Fsp3) is 0.455. The molecule has 0 aliphatic heterocycles. The summed E-state index contributed by atoms with van der Waals surface area (Å²) in [6.07, 6.45) is 2.03. The van der Waals surface area contributed by atoms with E-state index in [9.17, 15) is 4.79 Å². The molecule has 1 fully saturated rings. The molecule has 144 valence electrons. The Labute approximate surface area is 160 Å². The van der Waals surface area contributed by atoms with Crippen LogP contribution in [0.2, 0.25) is 0 Å². The predicted octanol–water partition coefficient (Wildman–Crippen LogP) is 4.76. The summed E-state index contributed by atoms with van der Waals surface area (Å²) in [6.45, 7) is 7.02. The first kappa shape index (κ1) is 19.4. The van der Waals surface area contributed by atoms with E-state index in [4.69, 9.17) is 14.2 Å². The number of unbranched alkanes of at least 4 members (excludes halogenated alkanes) is 1. The Hall–Kier alpha value is -2.40. The smallest absolute Gasteiger partial charge is 0.312 e. The maximum atomic E-state index is 12.5. The lowest BCUT2D eigenvalue weighted by molar-refractivity contribution is -0.148. The van der Waals surface area contributed by atoms with Crippen molar-refractivity contribution in [2.24, 2.45) is 11.3 Å². The van der Waals surface area contributed by atoms with Crippen molar-refractivity contribution in [1.29, 1.82) is 0 Å².